The van der Waals surface area contributed by atoms with Crippen molar-refractivity contribution < 1.29 is 4.92 Å². The first-order valence-electron chi connectivity index (χ1n) is 4.60. The Hall–Kier alpha value is -1.73. The third-order valence-electron chi connectivity index (χ3n) is 2.03. The van der Waals surface area contributed by atoms with Crippen molar-refractivity contribution in [3.8, 4) is 0 Å². The Balaban J connectivity index is 2.14. The molecule has 0 spiro atoms. The number of anilines is 1. The largest absolute Gasteiger partial charge is 0.378 e. The predicted octanol–water partition coefficient (Wildman–Crippen LogP) is 2.71. The Morgan fingerprint density at radius 2 is 2.35 bits per heavy atom. The van der Waals surface area contributed by atoms with E-state index in [1.54, 1.807) is 5.38 Å². The maximum atomic E-state index is 10.6. The summed E-state index contributed by atoms with van der Waals surface area (Å²) in [5.41, 5.74) is 1.26. The molecular formula is C9H7ClN4O2S. The van der Waals surface area contributed by atoms with Gasteiger partial charge in [-0.15, -0.1) is 5.10 Å². The van der Waals surface area contributed by atoms with Crippen LogP contribution < -0.4 is 5.32 Å². The van der Waals surface area contributed by atoms with Gasteiger partial charge in [0.15, 0.2) is 0 Å². The fourth-order valence-corrected chi connectivity index (χ4v) is 1.84. The Morgan fingerprint density at radius 1 is 1.53 bits per heavy atom. The summed E-state index contributed by atoms with van der Waals surface area (Å²) >= 11 is 7.17. The molecule has 0 amide bonds. The molecule has 0 radical (unpaired) electrons. The highest BCUT2D eigenvalue weighted by Crippen LogP contribution is 2.26. The summed E-state index contributed by atoms with van der Waals surface area (Å²) in [5.74, 6) is 0. The van der Waals surface area contributed by atoms with Gasteiger partial charge in [0.1, 0.15) is 0 Å². The molecule has 0 bridgehead atoms. The lowest BCUT2D eigenvalue weighted by Gasteiger charge is -2.05. The molecule has 1 aromatic carbocycles. The van der Waals surface area contributed by atoms with Crippen molar-refractivity contribution in [1.82, 2.24) is 9.59 Å². The van der Waals surface area contributed by atoms with E-state index in [4.69, 9.17) is 11.6 Å². The van der Waals surface area contributed by atoms with E-state index in [2.05, 4.69) is 14.9 Å². The van der Waals surface area contributed by atoms with E-state index in [0.29, 0.717) is 17.3 Å². The Labute approximate surface area is 106 Å². The molecule has 0 fully saturated rings. The average Bonchev–Trinajstić information content (AvgIpc) is 2.80. The van der Waals surface area contributed by atoms with Gasteiger partial charge in [-0.1, -0.05) is 16.1 Å². The van der Waals surface area contributed by atoms with Crippen molar-refractivity contribution in [2.75, 3.05) is 5.32 Å². The molecule has 0 unspecified atom stereocenters. The second-order valence-electron chi connectivity index (χ2n) is 3.17. The van der Waals surface area contributed by atoms with Crippen molar-refractivity contribution in [1.29, 1.82) is 0 Å². The van der Waals surface area contributed by atoms with Crippen molar-refractivity contribution in [2.24, 2.45) is 0 Å². The first-order chi connectivity index (χ1) is 8.16. The number of nitrogens with zero attached hydrogens (tertiary/aromatic N) is 3. The molecule has 0 saturated carbocycles. The lowest BCUT2D eigenvalue weighted by molar-refractivity contribution is -0.384. The Kier molecular flexibility index (Phi) is 3.50. The molecule has 8 heteroatoms. The minimum absolute atomic E-state index is 0.00620. The monoisotopic (exact) mass is 270 g/mol. The standard InChI is InChI=1S/C9H7ClN4O2S/c10-8-2-1-7(14(15)16)3-9(8)11-4-6-5-17-13-12-6/h1-3,5,11H,4H2. The van der Waals surface area contributed by atoms with Crippen molar-refractivity contribution in [2.45, 2.75) is 6.54 Å². The number of aromatic nitrogens is 2. The van der Waals surface area contributed by atoms with Crippen LogP contribution in [0.2, 0.25) is 5.02 Å². The molecule has 0 aliphatic heterocycles. The van der Waals surface area contributed by atoms with Crippen LogP contribution in [0.25, 0.3) is 0 Å². The second kappa shape index (κ2) is 5.07. The molecule has 1 aromatic heterocycles. The molecule has 1 heterocycles. The molecular weight excluding hydrogens is 264 g/mol. The van der Waals surface area contributed by atoms with E-state index in [1.807, 2.05) is 0 Å². The minimum atomic E-state index is -0.466. The van der Waals surface area contributed by atoms with Gasteiger partial charge < -0.3 is 5.32 Å². The van der Waals surface area contributed by atoms with Crippen LogP contribution in [0.5, 0.6) is 0 Å². The van der Waals surface area contributed by atoms with E-state index in [-0.39, 0.29) is 5.69 Å². The molecule has 0 atom stereocenters. The third-order valence-corrected chi connectivity index (χ3v) is 2.91. The van der Waals surface area contributed by atoms with Crippen molar-refractivity contribution >= 4 is 34.5 Å². The van der Waals surface area contributed by atoms with Crippen LogP contribution in [0, 0.1) is 10.1 Å². The summed E-state index contributed by atoms with van der Waals surface area (Å²) in [6.45, 7) is 0.428. The fraction of sp³-hybridized carbons (Fsp3) is 0.111. The SMILES string of the molecule is O=[N+]([O-])c1ccc(Cl)c(NCc2csnn2)c1. The average molecular weight is 271 g/mol. The number of halogens is 1. The topological polar surface area (TPSA) is 81.0 Å². The number of nitro benzene ring substituents is 1. The van der Waals surface area contributed by atoms with E-state index in [0.717, 1.165) is 5.69 Å². The molecule has 6 nitrogen and oxygen atoms in total. The van der Waals surface area contributed by atoms with Gasteiger partial charge in [0.05, 0.1) is 27.9 Å². The number of hydrogen-bond donors (Lipinski definition) is 1. The van der Waals surface area contributed by atoms with Gasteiger partial charge in [-0.2, -0.15) is 0 Å². The molecule has 2 rings (SSSR count). The molecule has 88 valence electrons. The maximum absolute atomic E-state index is 10.6. The summed E-state index contributed by atoms with van der Waals surface area (Å²) in [7, 11) is 0. The summed E-state index contributed by atoms with van der Waals surface area (Å²) < 4.78 is 3.71. The van der Waals surface area contributed by atoms with Crippen LogP contribution in [0.4, 0.5) is 11.4 Å². The van der Waals surface area contributed by atoms with Gasteiger partial charge >= 0.3 is 0 Å². The third kappa shape index (κ3) is 2.89. The molecule has 0 aliphatic rings. The summed E-state index contributed by atoms with van der Waals surface area (Å²) in [6, 6.07) is 4.24. The first-order valence-corrected chi connectivity index (χ1v) is 5.82. The zero-order valence-corrected chi connectivity index (χ0v) is 10.0. The number of nitrogens with one attached hydrogen (secondary N) is 1. The zero-order valence-electron chi connectivity index (χ0n) is 8.46. The molecule has 2 aromatic rings. The minimum Gasteiger partial charge on any atom is -0.378 e. The number of nitro groups is 1. The van der Waals surface area contributed by atoms with Crippen LogP contribution in [-0.2, 0) is 6.54 Å². The van der Waals surface area contributed by atoms with Crippen LogP contribution >= 0.6 is 23.1 Å². The van der Waals surface area contributed by atoms with Gasteiger partial charge in [0.2, 0.25) is 0 Å². The lowest BCUT2D eigenvalue weighted by Crippen LogP contribution is -2.01. The predicted molar refractivity (Wildman–Crippen MR) is 65.3 cm³/mol. The summed E-state index contributed by atoms with van der Waals surface area (Å²) in [4.78, 5) is 10.1. The fourth-order valence-electron chi connectivity index (χ4n) is 1.21. The van der Waals surface area contributed by atoms with Crippen LogP contribution in [0.1, 0.15) is 5.69 Å². The number of non-ortho nitro benzene ring substituents is 1. The number of benzene rings is 1. The van der Waals surface area contributed by atoms with Crippen LogP contribution in [-0.4, -0.2) is 14.5 Å². The van der Waals surface area contributed by atoms with E-state index in [1.165, 1.54) is 29.7 Å². The van der Waals surface area contributed by atoms with Crippen molar-refractivity contribution in [3.05, 3.63) is 44.4 Å². The molecule has 0 saturated heterocycles. The highest BCUT2D eigenvalue weighted by Gasteiger charge is 2.09. The molecule has 17 heavy (non-hydrogen) atoms. The van der Waals surface area contributed by atoms with E-state index in [9.17, 15) is 10.1 Å². The van der Waals surface area contributed by atoms with Crippen LogP contribution in [0.15, 0.2) is 23.6 Å². The van der Waals surface area contributed by atoms with Crippen molar-refractivity contribution in [3.63, 3.8) is 0 Å². The number of rotatable bonds is 4. The Morgan fingerprint density at radius 3 is 3.00 bits per heavy atom. The lowest BCUT2D eigenvalue weighted by atomic mass is 10.2. The summed E-state index contributed by atoms with van der Waals surface area (Å²) in [5, 5.41) is 19.7. The smallest absolute Gasteiger partial charge is 0.271 e. The quantitative estimate of drug-likeness (QED) is 0.682. The van der Waals surface area contributed by atoms with Gasteiger partial charge in [0, 0.05) is 17.5 Å². The number of hydrogen-bond acceptors (Lipinski definition) is 6. The highest BCUT2D eigenvalue weighted by molar-refractivity contribution is 7.03. The highest BCUT2D eigenvalue weighted by atomic mass is 35.5. The van der Waals surface area contributed by atoms with Crippen LogP contribution in [0.3, 0.4) is 0 Å². The molecule has 1 N–H and O–H groups in total. The Bertz CT molecular complexity index is 532. The molecule has 0 aliphatic carbocycles. The van der Waals surface area contributed by atoms with Gasteiger partial charge in [-0.05, 0) is 17.6 Å². The maximum Gasteiger partial charge on any atom is 0.271 e. The van der Waals surface area contributed by atoms with E-state index >= 15 is 0 Å². The van der Waals surface area contributed by atoms with Gasteiger partial charge in [0.25, 0.3) is 5.69 Å². The summed E-state index contributed by atoms with van der Waals surface area (Å²) in [6.07, 6.45) is 0. The normalized spacial score (nSPS) is 10.2. The first kappa shape index (κ1) is 11.7. The van der Waals surface area contributed by atoms with Gasteiger partial charge in [-0.3, -0.25) is 10.1 Å². The zero-order chi connectivity index (χ0) is 12.3. The van der Waals surface area contributed by atoms with E-state index < -0.39 is 4.92 Å². The van der Waals surface area contributed by atoms with Gasteiger partial charge in [-0.25, -0.2) is 0 Å². The second-order valence-corrected chi connectivity index (χ2v) is 4.19.